The summed E-state index contributed by atoms with van der Waals surface area (Å²) in [6.45, 7) is 6.84. The number of nitrogens with two attached hydrogens (primary N) is 1. The first-order valence-electron chi connectivity index (χ1n) is 3.11. The summed E-state index contributed by atoms with van der Waals surface area (Å²) in [5, 5.41) is 8.44. The van der Waals surface area contributed by atoms with Crippen molar-refractivity contribution in [3.05, 3.63) is 24.8 Å². The molecule has 0 aliphatic carbocycles. The summed E-state index contributed by atoms with van der Waals surface area (Å²) < 4.78 is 0. The van der Waals surface area contributed by atoms with Crippen molar-refractivity contribution in [3.63, 3.8) is 0 Å². The van der Waals surface area contributed by atoms with E-state index in [4.69, 9.17) is 11.0 Å². The number of hydrogen-bond acceptors (Lipinski definition) is 2. The molecule has 0 fully saturated rings. The van der Waals surface area contributed by atoms with Gasteiger partial charge >= 0.3 is 0 Å². The molecule has 0 aliphatic rings. The zero-order valence-electron chi connectivity index (χ0n) is 6.21. The van der Waals surface area contributed by atoms with Gasteiger partial charge in [0.25, 0.3) is 0 Å². The highest BCUT2D eigenvalue weighted by molar-refractivity contribution is 5.91. The summed E-state index contributed by atoms with van der Waals surface area (Å²) in [5.74, 6) is -0.929. The average molecular weight is 150 g/mol. The van der Waals surface area contributed by atoms with E-state index in [1.165, 1.54) is 6.08 Å². The number of hydrogen-bond donors (Lipinski definition) is 1. The highest BCUT2D eigenvalue weighted by atomic mass is 16.1. The molecule has 0 radical (unpaired) electrons. The number of carbonyl (C=O) groups is 1. The molecule has 2 N–H and O–H groups in total. The quantitative estimate of drug-likeness (QED) is 0.474. The summed E-state index contributed by atoms with van der Waals surface area (Å²) in [5.41, 5.74) is 5.17. The van der Waals surface area contributed by atoms with Crippen molar-refractivity contribution in [1.82, 2.24) is 0 Å². The summed E-state index contributed by atoms with van der Waals surface area (Å²) in [4.78, 5) is 10.4. The Morgan fingerprint density at radius 1 is 1.82 bits per heavy atom. The van der Waals surface area contributed by atoms with Crippen LogP contribution >= 0.6 is 0 Å². The lowest BCUT2D eigenvalue weighted by atomic mass is 10.0. The first-order chi connectivity index (χ1) is 5.11. The van der Waals surface area contributed by atoms with Gasteiger partial charge in [0, 0.05) is 5.57 Å². The van der Waals surface area contributed by atoms with Crippen LogP contribution in [0.1, 0.15) is 6.42 Å². The minimum absolute atomic E-state index is 0.261. The maximum absolute atomic E-state index is 10.4. The molecule has 3 nitrogen and oxygen atoms in total. The molecule has 0 saturated carbocycles. The second kappa shape index (κ2) is 4.29. The Kier molecular flexibility index (Phi) is 3.68. The molecule has 0 rings (SSSR count). The monoisotopic (exact) mass is 150 g/mol. The lowest BCUT2D eigenvalue weighted by Crippen LogP contribution is -2.14. The van der Waals surface area contributed by atoms with Gasteiger partial charge in [-0.15, -0.1) is 6.58 Å². The number of nitrogens with zero attached hydrogens (tertiary/aromatic N) is 1. The predicted octanol–water partition coefficient (Wildman–Crippen LogP) is 0.744. The predicted molar refractivity (Wildman–Crippen MR) is 42.3 cm³/mol. The molecule has 1 unspecified atom stereocenters. The van der Waals surface area contributed by atoms with Crippen LogP contribution < -0.4 is 5.73 Å². The molecule has 58 valence electrons. The van der Waals surface area contributed by atoms with Crippen LogP contribution in [0, 0.1) is 17.2 Å². The van der Waals surface area contributed by atoms with E-state index in [2.05, 4.69) is 13.2 Å². The number of primary amides is 1. The summed E-state index contributed by atoms with van der Waals surface area (Å²) in [6, 6.07) is 1.95. The van der Waals surface area contributed by atoms with Crippen molar-refractivity contribution in [3.8, 4) is 6.07 Å². The van der Waals surface area contributed by atoms with Crippen LogP contribution in [0.25, 0.3) is 0 Å². The lowest BCUT2D eigenvalue weighted by molar-refractivity contribution is -0.114. The highest BCUT2D eigenvalue weighted by Gasteiger charge is 2.07. The van der Waals surface area contributed by atoms with Crippen LogP contribution in [-0.4, -0.2) is 5.91 Å². The van der Waals surface area contributed by atoms with Gasteiger partial charge in [-0.25, -0.2) is 0 Å². The number of rotatable bonds is 4. The van der Waals surface area contributed by atoms with Gasteiger partial charge in [-0.05, 0) is 6.42 Å². The number of amides is 1. The molecular weight excluding hydrogens is 140 g/mol. The van der Waals surface area contributed by atoms with E-state index in [0.29, 0.717) is 0 Å². The molecule has 0 saturated heterocycles. The first kappa shape index (κ1) is 9.44. The van der Waals surface area contributed by atoms with Gasteiger partial charge in [0.2, 0.25) is 5.91 Å². The molecule has 11 heavy (non-hydrogen) atoms. The van der Waals surface area contributed by atoms with Crippen molar-refractivity contribution in [1.29, 1.82) is 5.26 Å². The van der Waals surface area contributed by atoms with E-state index >= 15 is 0 Å². The molecule has 3 heteroatoms. The van der Waals surface area contributed by atoms with Crippen molar-refractivity contribution in [2.75, 3.05) is 0 Å². The standard InChI is InChI=1S/C8H10N2O/c1-3-7(5-9)4-6(2)8(10)11/h3,7H,1-2,4H2,(H2,10,11). The second-order valence-electron chi connectivity index (χ2n) is 2.14. The van der Waals surface area contributed by atoms with Crippen molar-refractivity contribution in [2.45, 2.75) is 6.42 Å². The topological polar surface area (TPSA) is 66.9 Å². The number of carbonyl (C=O) groups excluding carboxylic acids is 1. The zero-order valence-corrected chi connectivity index (χ0v) is 6.21. The second-order valence-corrected chi connectivity index (χ2v) is 2.14. The Hall–Kier alpha value is -1.56. The highest BCUT2D eigenvalue weighted by Crippen LogP contribution is 2.09. The smallest absolute Gasteiger partial charge is 0.244 e. The molecule has 0 aliphatic heterocycles. The van der Waals surface area contributed by atoms with E-state index < -0.39 is 5.91 Å². The van der Waals surface area contributed by atoms with Crippen molar-refractivity contribution < 1.29 is 4.79 Å². The molecule has 0 aromatic carbocycles. The Morgan fingerprint density at radius 3 is 2.64 bits per heavy atom. The normalized spacial score (nSPS) is 11.2. The SMILES string of the molecule is C=CC(C#N)CC(=C)C(N)=O. The van der Waals surface area contributed by atoms with Gasteiger partial charge in [-0.3, -0.25) is 4.79 Å². The molecule has 0 aromatic heterocycles. The lowest BCUT2D eigenvalue weighted by Gasteiger charge is -2.01. The largest absolute Gasteiger partial charge is 0.366 e. The summed E-state index contributed by atoms with van der Waals surface area (Å²) in [6.07, 6.45) is 1.74. The molecule has 1 atom stereocenters. The average Bonchev–Trinajstić information content (AvgIpc) is 1.99. The van der Waals surface area contributed by atoms with Crippen LogP contribution in [0.3, 0.4) is 0 Å². The van der Waals surface area contributed by atoms with Gasteiger partial charge in [0.05, 0.1) is 12.0 Å². The van der Waals surface area contributed by atoms with Crippen LogP contribution in [0.15, 0.2) is 24.8 Å². The van der Waals surface area contributed by atoms with Crippen LogP contribution in [0.5, 0.6) is 0 Å². The van der Waals surface area contributed by atoms with E-state index in [-0.39, 0.29) is 17.9 Å². The van der Waals surface area contributed by atoms with Crippen LogP contribution in [0.4, 0.5) is 0 Å². The van der Waals surface area contributed by atoms with E-state index in [0.717, 1.165) is 0 Å². The molecule has 0 spiro atoms. The Balaban J connectivity index is 4.05. The zero-order chi connectivity index (χ0) is 8.85. The van der Waals surface area contributed by atoms with Gasteiger partial charge in [0.1, 0.15) is 0 Å². The maximum atomic E-state index is 10.4. The molecule has 0 aromatic rings. The molecule has 1 amide bonds. The van der Waals surface area contributed by atoms with Gasteiger partial charge < -0.3 is 5.73 Å². The minimum Gasteiger partial charge on any atom is -0.366 e. The molecule has 0 bridgehead atoms. The summed E-state index contributed by atoms with van der Waals surface area (Å²) >= 11 is 0. The van der Waals surface area contributed by atoms with Gasteiger partial charge in [-0.1, -0.05) is 12.7 Å². The fourth-order valence-corrected chi connectivity index (χ4v) is 0.548. The van der Waals surface area contributed by atoms with Crippen LogP contribution in [-0.2, 0) is 4.79 Å². The fourth-order valence-electron chi connectivity index (χ4n) is 0.548. The van der Waals surface area contributed by atoms with Gasteiger partial charge in [-0.2, -0.15) is 5.26 Å². The third kappa shape index (κ3) is 3.21. The van der Waals surface area contributed by atoms with Crippen molar-refractivity contribution >= 4 is 5.91 Å². The minimum atomic E-state index is -0.563. The Bertz CT molecular complexity index is 225. The third-order valence-electron chi connectivity index (χ3n) is 1.27. The van der Waals surface area contributed by atoms with Crippen LogP contribution in [0.2, 0.25) is 0 Å². The van der Waals surface area contributed by atoms with Gasteiger partial charge in [0.15, 0.2) is 0 Å². The Morgan fingerprint density at radius 2 is 2.36 bits per heavy atom. The van der Waals surface area contributed by atoms with E-state index in [9.17, 15) is 4.79 Å². The van der Waals surface area contributed by atoms with E-state index in [1.807, 2.05) is 6.07 Å². The molecule has 0 heterocycles. The van der Waals surface area contributed by atoms with Crippen molar-refractivity contribution in [2.24, 2.45) is 11.7 Å². The first-order valence-corrected chi connectivity index (χ1v) is 3.11. The summed E-state index contributed by atoms with van der Waals surface area (Å²) in [7, 11) is 0. The Labute approximate surface area is 65.8 Å². The van der Waals surface area contributed by atoms with E-state index in [1.54, 1.807) is 0 Å². The number of nitriles is 1. The molecular formula is C8H10N2O. The fraction of sp³-hybridized carbons (Fsp3) is 0.250. The number of allylic oxidation sites excluding steroid dienone is 1. The maximum Gasteiger partial charge on any atom is 0.244 e. The third-order valence-corrected chi connectivity index (χ3v) is 1.27.